The Bertz CT molecular complexity index is 422. The summed E-state index contributed by atoms with van der Waals surface area (Å²) in [5, 5.41) is 8.14. The van der Waals surface area contributed by atoms with E-state index in [1.165, 1.54) is 0 Å². The third-order valence-electron chi connectivity index (χ3n) is 2.22. The molecule has 2 aromatic rings. The van der Waals surface area contributed by atoms with Crippen molar-refractivity contribution in [3.63, 3.8) is 0 Å². The molecule has 0 aromatic carbocycles. The summed E-state index contributed by atoms with van der Waals surface area (Å²) in [6, 6.07) is 1.84. The Labute approximate surface area is 82.0 Å². The molecule has 1 unspecified atom stereocenters. The molecule has 1 atom stereocenters. The van der Waals surface area contributed by atoms with Crippen molar-refractivity contribution in [3.05, 3.63) is 24.4 Å². The largest absolute Gasteiger partial charge is 0.330 e. The molecule has 2 heterocycles. The Kier molecular flexibility index (Phi) is 2.41. The van der Waals surface area contributed by atoms with E-state index in [4.69, 9.17) is 5.73 Å². The first kappa shape index (κ1) is 9.08. The maximum absolute atomic E-state index is 5.56. The molecule has 0 aliphatic heterocycles. The molecule has 0 aliphatic carbocycles. The van der Waals surface area contributed by atoms with Crippen molar-refractivity contribution in [2.45, 2.75) is 13.3 Å². The van der Waals surface area contributed by atoms with E-state index in [0.717, 1.165) is 17.9 Å². The Morgan fingerprint density at radius 3 is 3.14 bits per heavy atom. The van der Waals surface area contributed by atoms with Gasteiger partial charge in [0.1, 0.15) is 12.2 Å². The van der Waals surface area contributed by atoms with Crippen LogP contribution in [-0.2, 0) is 6.42 Å². The lowest BCUT2D eigenvalue weighted by Gasteiger charge is -2.05. The Hall–Kier alpha value is -1.49. The van der Waals surface area contributed by atoms with Crippen molar-refractivity contribution in [2.75, 3.05) is 6.54 Å². The number of fused-ring (bicyclic) bond motifs is 1. The van der Waals surface area contributed by atoms with Gasteiger partial charge in [0.15, 0.2) is 5.65 Å². The molecule has 0 saturated heterocycles. The predicted molar refractivity (Wildman–Crippen MR) is 52.7 cm³/mol. The summed E-state index contributed by atoms with van der Waals surface area (Å²) in [5.41, 5.74) is 6.39. The zero-order valence-corrected chi connectivity index (χ0v) is 8.09. The lowest BCUT2D eigenvalue weighted by atomic mass is 10.1. The molecular formula is C9H13N5. The molecule has 0 saturated carbocycles. The van der Waals surface area contributed by atoms with Crippen LogP contribution >= 0.6 is 0 Å². The first-order valence-corrected chi connectivity index (χ1v) is 4.65. The quantitative estimate of drug-likeness (QED) is 0.755. The van der Waals surface area contributed by atoms with E-state index < -0.39 is 0 Å². The van der Waals surface area contributed by atoms with E-state index in [0.29, 0.717) is 12.5 Å². The van der Waals surface area contributed by atoms with Crippen LogP contribution in [0.3, 0.4) is 0 Å². The van der Waals surface area contributed by atoms with Gasteiger partial charge in [-0.25, -0.2) is 4.98 Å². The zero-order chi connectivity index (χ0) is 9.97. The van der Waals surface area contributed by atoms with E-state index in [1.807, 2.05) is 10.5 Å². The number of nitrogens with zero attached hydrogens (tertiary/aromatic N) is 4. The summed E-state index contributed by atoms with van der Waals surface area (Å²) in [4.78, 5) is 4.03. The summed E-state index contributed by atoms with van der Waals surface area (Å²) >= 11 is 0. The molecule has 74 valence electrons. The van der Waals surface area contributed by atoms with Gasteiger partial charge in [-0.3, -0.25) is 4.40 Å². The summed E-state index contributed by atoms with van der Waals surface area (Å²) in [7, 11) is 0. The highest BCUT2D eigenvalue weighted by atomic mass is 15.3. The first-order chi connectivity index (χ1) is 6.81. The van der Waals surface area contributed by atoms with Crippen LogP contribution < -0.4 is 5.73 Å². The maximum atomic E-state index is 5.56. The highest BCUT2D eigenvalue weighted by Gasteiger charge is 2.08. The second-order valence-corrected chi connectivity index (χ2v) is 3.47. The molecule has 0 fully saturated rings. The van der Waals surface area contributed by atoms with E-state index >= 15 is 0 Å². The van der Waals surface area contributed by atoms with Crippen molar-refractivity contribution in [3.8, 4) is 0 Å². The standard InChI is InChI=1S/C9H13N5/c1-7(5-10)4-9-13-12-8-2-3-11-6-14(8)9/h2-3,6-7H,4-5,10H2,1H3. The minimum absolute atomic E-state index is 0.419. The minimum Gasteiger partial charge on any atom is -0.330 e. The number of hydrogen-bond donors (Lipinski definition) is 1. The van der Waals surface area contributed by atoms with Gasteiger partial charge in [-0.05, 0) is 12.5 Å². The van der Waals surface area contributed by atoms with Crippen molar-refractivity contribution in [1.29, 1.82) is 0 Å². The number of nitrogens with two attached hydrogens (primary N) is 1. The second kappa shape index (κ2) is 3.71. The molecule has 2 N–H and O–H groups in total. The molecule has 0 amide bonds. The molecule has 0 aliphatic rings. The Morgan fingerprint density at radius 1 is 1.50 bits per heavy atom. The van der Waals surface area contributed by atoms with Crippen molar-refractivity contribution < 1.29 is 0 Å². The van der Waals surface area contributed by atoms with E-state index in [-0.39, 0.29) is 0 Å². The number of aromatic nitrogens is 4. The number of hydrogen-bond acceptors (Lipinski definition) is 4. The average Bonchev–Trinajstić information content (AvgIpc) is 2.62. The van der Waals surface area contributed by atoms with Gasteiger partial charge in [0, 0.05) is 18.7 Å². The SMILES string of the molecule is CC(CN)Cc1nnc2ccncn12. The van der Waals surface area contributed by atoms with Crippen molar-refractivity contribution >= 4 is 5.65 Å². The van der Waals surface area contributed by atoms with Gasteiger partial charge in [0.05, 0.1) is 0 Å². The second-order valence-electron chi connectivity index (χ2n) is 3.47. The molecule has 2 aromatic heterocycles. The van der Waals surface area contributed by atoms with E-state index in [2.05, 4.69) is 22.1 Å². The fourth-order valence-electron chi connectivity index (χ4n) is 1.33. The highest BCUT2D eigenvalue weighted by molar-refractivity contribution is 5.35. The van der Waals surface area contributed by atoms with Crippen molar-refractivity contribution in [1.82, 2.24) is 19.6 Å². The minimum atomic E-state index is 0.419. The molecule has 2 rings (SSSR count). The molecule has 14 heavy (non-hydrogen) atoms. The first-order valence-electron chi connectivity index (χ1n) is 4.65. The van der Waals surface area contributed by atoms with E-state index in [1.54, 1.807) is 12.5 Å². The average molecular weight is 191 g/mol. The van der Waals surface area contributed by atoms with Crippen molar-refractivity contribution in [2.24, 2.45) is 11.7 Å². The summed E-state index contributed by atoms with van der Waals surface area (Å²) in [6.45, 7) is 2.76. The van der Waals surface area contributed by atoms with Gasteiger partial charge < -0.3 is 5.73 Å². The summed E-state index contributed by atoms with van der Waals surface area (Å²) in [6.07, 6.45) is 4.28. The van der Waals surface area contributed by atoms with Gasteiger partial charge in [0.2, 0.25) is 0 Å². The van der Waals surface area contributed by atoms with Crippen LogP contribution in [0.15, 0.2) is 18.6 Å². The molecular weight excluding hydrogens is 178 g/mol. The fraction of sp³-hybridized carbons (Fsp3) is 0.444. The normalized spacial score (nSPS) is 13.3. The molecule has 0 radical (unpaired) electrons. The number of rotatable bonds is 3. The van der Waals surface area contributed by atoms with Gasteiger partial charge in [-0.1, -0.05) is 6.92 Å². The zero-order valence-electron chi connectivity index (χ0n) is 8.09. The summed E-state index contributed by atoms with van der Waals surface area (Å²) < 4.78 is 1.90. The molecule has 0 bridgehead atoms. The fourth-order valence-corrected chi connectivity index (χ4v) is 1.33. The van der Waals surface area contributed by atoms with Crippen LogP contribution in [0, 0.1) is 5.92 Å². The van der Waals surface area contributed by atoms with Crippen LogP contribution in [0.2, 0.25) is 0 Å². The van der Waals surface area contributed by atoms with Gasteiger partial charge >= 0.3 is 0 Å². The lowest BCUT2D eigenvalue weighted by Crippen LogP contribution is -2.14. The van der Waals surface area contributed by atoms with Gasteiger partial charge in [-0.15, -0.1) is 10.2 Å². The summed E-state index contributed by atoms with van der Waals surface area (Å²) in [5.74, 6) is 1.34. The molecule has 5 heteroatoms. The highest BCUT2D eigenvalue weighted by Crippen LogP contribution is 2.06. The predicted octanol–water partition coefficient (Wildman–Crippen LogP) is 0.262. The lowest BCUT2D eigenvalue weighted by molar-refractivity contribution is 0.569. The molecule has 5 nitrogen and oxygen atoms in total. The maximum Gasteiger partial charge on any atom is 0.163 e. The van der Waals surface area contributed by atoms with Gasteiger partial charge in [-0.2, -0.15) is 0 Å². The van der Waals surface area contributed by atoms with E-state index in [9.17, 15) is 0 Å². The smallest absolute Gasteiger partial charge is 0.163 e. The van der Waals surface area contributed by atoms with Crippen LogP contribution in [0.25, 0.3) is 5.65 Å². The Balaban J connectivity index is 2.33. The van der Waals surface area contributed by atoms with Crippen LogP contribution in [0.1, 0.15) is 12.7 Å². The third kappa shape index (κ3) is 1.58. The van der Waals surface area contributed by atoms with Crippen LogP contribution in [0.4, 0.5) is 0 Å². The monoisotopic (exact) mass is 191 g/mol. The molecule has 0 spiro atoms. The van der Waals surface area contributed by atoms with Crippen LogP contribution in [-0.4, -0.2) is 26.1 Å². The Morgan fingerprint density at radius 2 is 2.36 bits per heavy atom. The topological polar surface area (TPSA) is 69.1 Å². The van der Waals surface area contributed by atoms with Gasteiger partial charge in [0.25, 0.3) is 0 Å². The van der Waals surface area contributed by atoms with Crippen LogP contribution in [0.5, 0.6) is 0 Å². The third-order valence-corrected chi connectivity index (χ3v) is 2.22.